The molecule has 0 aliphatic carbocycles. The van der Waals surface area contributed by atoms with E-state index in [1.54, 1.807) is 0 Å². The molecule has 0 fully saturated rings. The van der Waals surface area contributed by atoms with Gasteiger partial charge in [0, 0.05) is 0 Å². The first-order valence-electron chi connectivity index (χ1n) is 1.85. The fraction of sp³-hybridized carbons (Fsp3) is 0.333. The molecular weight excluding hydrogens is 114 g/mol. The van der Waals surface area contributed by atoms with Gasteiger partial charge in [-0.25, -0.2) is 9.98 Å². The molecule has 0 saturated carbocycles. The smallest absolute Gasteiger partial charge is 0.220 e. The summed E-state index contributed by atoms with van der Waals surface area (Å²) in [5.74, 6) is 0. The van der Waals surface area contributed by atoms with E-state index >= 15 is 0 Å². The van der Waals surface area contributed by atoms with Crippen LogP contribution >= 0.6 is 11.6 Å². The van der Waals surface area contributed by atoms with Crippen LogP contribution in [-0.4, -0.2) is 18.3 Å². The molecule has 1 aliphatic heterocycles. The third kappa shape index (κ3) is 1.16. The molecule has 0 saturated heterocycles. The van der Waals surface area contributed by atoms with E-state index in [1.807, 2.05) is 0 Å². The van der Waals surface area contributed by atoms with Crippen molar-refractivity contribution in [1.29, 1.82) is 0 Å². The minimum Gasteiger partial charge on any atom is -0.357 e. The predicted octanol–water partition coefficient (Wildman–Crippen LogP) is 0.170. The highest BCUT2D eigenvalue weighted by Crippen LogP contribution is 1.87. The lowest BCUT2D eigenvalue weighted by molar-refractivity contribution is 0.931. The normalized spacial score (nSPS) is 18.1. The Hall–Kier alpha value is -0.570. The van der Waals surface area contributed by atoms with Crippen molar-refractivity contribution < 1.29 is 0 Å². The standard InChI is InChI=1S/C3H4ClN3/c4-3-6-1-5-2-7-3/h1H,2H2,(H,5,6,7). The first kappa shape index (κ1) is 4.59. The first-order chi connectivity index (χ1) is 3.39. The summed E-state index contributed by atoms with van der Waals surface area (Å²) < 4.78 is 0. The summed E-state index contributed by atoms with van der Waals surface area (Å²) in [4.78, 5) is 7.31. The van der Waals surface area contributed by atoms with Crippen molar-refractivity contribution in [3.05, 3.63) is 0 Å². The van der Waals surface area contributed by atoms with Crippen LogP contribution in [0.25, 0.3) is 0 Å². The zero-order valence-corrected chi connectivity index (χ0v) is 4.31. The Labute approximate surface area is 46.1 Å². The van der Waals surface area contributed by atoms with Gasteiger partial charge in [-0.05, 0) is 11.6 Å². The van der Waals surface area contributed by atoms with Crippen LogP contribution in [0.2, 0.25) is 0 Å². The van der Waals surface area contributed by atoms with Crippen LogP contribution in [0.4, 0.5) is 0 Å². The van der Waals surface area contributed by atoms with Crippen molar-refractivity contribution in [1.82, 2.24) is 5.32 Å². The second-order valence-electron chi connectivity index (χ2n) is 1.05. The van der Waals surface area contributed by atoms with E-state index in [0.717, 1.165) is 0 Å². The van der Waals surface area contributed by atoms with Gasteiger partial charge >= 0.3 is 0 Å². The summed E-state index contributed by atoms with van der Waals surface area (Å²) in [6, 6.07) is 0. The highest BCUT2D eigenvalue weighted by atomic mass is 35.5. The van der Waals surface area contributed by atoms with E-state index in [0.29, 0.717) is 12.0 Å². The number of hydrogen-bond donors (Lipinski definition) is 1. The maximum absolute atomic E-state index is 5.33. The van der Waals surface area contributed by atoms with Crippen LogP contribution < -0.4 is 5.32 Å². The van der Waals surface area contributed by atoms with Crippen molar-refractivity contribution in [2.24, 2.45) is 9.98 Å². The molecule has 1 heterocycles. The van der Waals surface area contributed by atoms with Crippen molar-refractivity contribution in [3.63, 3.8) is 0 Å². The van der Waals surface area contributed by atoms with Crippen LogP contribution in [0, 0.1) is 0 Å². The summed E-state index contributed by atoms with van der Waals surface area (Å²) in [5.41, 5.74) is 0. The SMILES string of the molecule is ClC1=NCNC=N1. The van der Waals surface area contributed by atoms with Gasteiger partial charge in [-0.2, -0.15) is 0 Å². The number of amidine groups is 1. The minimum atomic E-state index is 0.318. The van der Waals surface area contributed by atoms with E-state index in [4.69, 9.17) is 11.6 Å². The Bertz CT molecular complexity index is 117. The van der Waals surface area contributed by atoms with Crippen molar-refractivity contribution in [3.8, 4) is 0 Å². The third-order valence-electron chi connectivity index (χ3n) is 0.563. The highest BCUT2D eigenvalue weighted by Gasteiger charge is 1.89. The van der Waals surface area contributed by atoms with E-state index < -0.39 is 0 Å². The van der Waals surface area contributed by atoms with Crippen molar-refractivity contribution >= 4 is 23.2 Å². The maximum atomic E-state index is 5.33. The van der Waals surface area contributed by atoms with Gasteiger partial charge in [0.15, 0.2) is 0 Å². The Balaban J connectivity index is 2.58. The van der Waals surface area contributed by atoms with E-state index in [1.165, 1.54) is 6.34 Å². The Morgan fingerprint density at radius 3 is 3.00 bits per heavy atom. The van der Waals surface area contributed by atoms with Gasteiger partial charge in [0.1, 0.15) is 6.67 Å². The van der Waals surface area contributed by atoms with Gasteiger partial charge in [0.25, 0.3) is 0 Å². The fourth-order valence-corrected chi connectivity index (χ4v) is 0.400. The highest BCUT2D eigenvalue weighted by molar-refractivity contribution is 6.65. The van der Waals surface area contributed by atoms with Gasteiger partial charge < -0.3 is 5.32 Å². The Morgan fingerprint density at radius 1 is 1.86 bits per heavy atom. The molecule has 3 nitrogen and oxygen atoms in total. The molecular formula is C3H4ClN3. The van der Waals surface area contributed by atoms with Crippen LogP contribution in [0.15, 0.2) is 9.98 Å². The topological polar surface area (TPSA) is 36.8 Å². The number of hydrogen-bond acceptors (Lipinski definition) is 3. The van der Waals surface area contributed by atoms with Gasteiger partial charge in [0.05, 0.1) is 6.34 Å². The molecule has 0 spiro atoms. The maximum Gasteiger partial charge on any atom is 0.220 e. The lowest BCUT2D eigenvalue weighted by Gasteiger charge is -1.97. The lowest BCUT2D eigenvalue weighted by atomic mass is 10.9. The molecule has 0 aromatic rings. The van der Waals surface area contributed by atoms with Gasteiger partial charge in [-0.1, -0.05) is 0 Å². The molecule has 0 unspecified atom stereocenters. The third-order valence-corrected chi connectivity index (χ3v) is 0.780. The molecule has 0 bridgehead atoms. The number of halogens is 1. The van der Waals surface area contributed by atoms with Gasteiger partial charge in [0.2, 0.25) is 5.29 Å². The van der Waals surface area contributed by atoms with Crippen LogP contribution in [0.1, 0.15) is 0 Å². The largest absolute Gasteiger partial charge is 0.357 e. The second-order valence-corrected chi connectivity index (χ2v) is 1.39. The van der Waals surface area contributed by atoms with Crippen LogP contribution in [0.3, 0.4) is 0 Å². The average molecular weight is 118 g/mol. The van der Waals surface area contributed by atoms with Crippen LogP contribution in [0.5, 0.6) is 0 Å². The molecule has 0 aromatic carbocycles. The molecule has 4 heteroatoms. The summed E-state index contributed by atoms with van der Waals surface area (Å²) in [5, 5.41) is 3.07. The molecule has 0 amide bonds. The number of nitrogens with zero attached hydrogens (tertiary/aromatic N) is 2. The minimum absolute atomic E-state index is 0.318. The summed E-state index contributed by atoms with van der Waals surface area (Å²) >= 11 is 5.33. The lowest BCUT2D eigenvalue weighted by Crippen LogP contribution is -2.15. The molecule has 7 heavy (non-hydrogen) atoms. The monoisotopic (exact) mass is 117 g/mol. The van der Waals surface area contributed by atoms with Gasteiger partial charge in [-0.15, -0.1) is 0 Å². The summed E-state index contributed by atoms with van der Waals surface area (Å²) in [6.45, 7) is 0.544. The number of nitrogens with one attached hydrogen (secondary N) is 1. The predicted molar refractivity (Wildman–Crippen MR) is 29.8 cm³/mol. The zero-order chi connectivity index (χ0) is 5.11. The van der Waals surface area contributed by atoms with E-state index in [-0.39, 0.29) is 0 Å². The molecule has 1 N–H and O–H groups in total. The average Bonchev–Trinajstić information content (AvgIpc) is 1.69. The molecule has 0 radical (unpaired) electrons. The van der Waals surface area contributed by atoms with Crippen LogP contribution in [-0.2, 0) is 0 Å². The second kappa shape index (κ2) is 1.93. The molecule has 1 rings (SSSR count). The van der Waals surface area contributed by atoms with E-state index in [2.05, 4.69) is 15.3 Å². The number of aliphatic imine (C=N–C) groups is 2. The molecule has 1 aliphatic rings. The number of rotatable bonds is 0. The quantitative estimate of drug-likeness (QED) is 0.451. The van der Waals surface area contributed by atoms with E-state index in [9.17, 15) is 0 Å². The molecule has 38 valence electrons. The fourth-order valence-electron chi connectivity index (χ4n) is 0.291. The van der Waals surface area contributed by atoms with Crippen molar-refractivity contribution in [2.45, 2.75) is 0 Å². The molecule has 0 aromatic heterocycles. The first-order valence-corrected chi connectivity index (χ1v) is 2.23. The summed E-state index contributed by atoms with van der Waals surface area (Å²) in [7, 11) is 0. The Kier molecular flexibility index (Phi) is 1.26. The van der Waals surface area contributed by atoms with Crippen molar-refractivity contribution in [2.75, 3.05) is 6.67 Å². The Morgan fingerprint density at radius 2 is 2.71 bits per heavy atom. The summed E-state index contributed by atoms with van der Waals surface area (Å²) in [6.07, 6.45) is 1.52. The zero-order valence-electron chi connectivity index (χ0n) is 3.56. The van der Waals surface area contributed by atoms with Gasteiger partial charge in [-0.3, -0.25) is 0 Å². The molecule has 0 atom stereocenters.